The van der Waals surface area contributed by atoms with Crippen molar-refractivity contribution in [1.82, 2.24) is 4.90 Å². The van der Waals surface area contributed by atoms with Crippen molar-refractivity contribution < 1.29 is 19.4 Å². The fourth-order valence-electron chi connectivity index (χ4n) is 4.06. The van der Waals surface area contributed by atoms with Gasteiger partial charge >= 0.3 is 0 Å². The molecule has 3 aromatic rings. The van der Waals surface area contributed by atoms with E-state index in [1.807, 2.05) is 61.5 Å². The van der Waals surface area contributed by atoms with E-state index in [4.69, 9.17) is 16.3 Å². The van der Waals surface area contributed by atoms with Gasteiger partial charge in [0.1, 0.15) is 11.5 Å². The normalized spacial score (nSPS) is 17.4. The summed E-state index contributed by atoms with van der Waals surface area (Å²) < 4.78 is 5.64. The lowest BCUT2D eigenvalue weighted by molar-refractivity contribution is -0.139. The van der Waals surface area contributed by atoms with Crippen LogP contribution in [0.3, 0.4) is 0 Å². The molecule has 1 heterocycles. The van der Waals surface area contributed by atoms with Crippen molar-refractivity contribution in [3.63, 3.8) is 0 Å². The van der Waals surface area contributed by atoms with Crippen molar-refractivity contribution in [2.24, 2.45) is 0 Å². The summed E-state index contributed by atoms with van der Waals surface area (Å²) in [6.07, 6.45) is 0.580. The van der Waals surface area contributed by atoms with Crippen LogP contribution in [0.5, 0.6) is 5.75 Å². The molecule has 0 bridgehead atoms. The fourth-order valence-corrected chi connectivity index (χ4v) is 4.18. The van der Waals surface area contributed by atoms with Gasteiger partial charge < -0.3 is 14.7 Å². The predicted molar refractivity (Wildman–Crippen MR) is 128 cm³/mol. The molecule has 0 saturated carbocycles. The molecule has 1 saturated heterocycles. The maximum absolute atomic E-state index is 13.1. The quantitative estimate of drug-likeness (QED) is 0.290. The van der Waals surface area contributed by atoms with Crippen LogP contribution in [0.2, 0.25) is 5.02 Å². The first-order valence-corrected chi connectivity index (χ1v) is 11.2. The molecule has 5 nitrogen and oxygen atoms in total. The first-order valence-electron chi connectivity index (χ1n) is 10.8. The van der Waals surface area contributed by atoms with E-state index in [1.54, 1.807) is 24.3 Å². The Kier molecular flexibility index (Phi) is 6.80. The molecule has 1 N–H and O–H groups in total. The Bertz CT molecular complexity index is 1190. The van der Waals surface area contributed by atoms with Gasteiger partial charge in [-0.3, -0.25) is 9.59 Å². The first kappa shape index (κ1) is 22.6. The number of nitrogens with zero attached hydrogens (tertiary/aromatic N) is 1. The highest BCUT2D eigenvalue weighted by atomic mass is 35.5. The number of carbonyl (C=O) groups is 2. The van der Waals surface area contributed by atoms with Crippen molar-refractivity contribution in [2.45, 2.75) is 19.4 Å². The second-order valence-electron chi connectivity index (χ2n) is 7.74. The summed E-state index contributed by atoms with van der Waals surface area (Å²) in [5, 5.41) is 11.6. The van der Waals surface area contributed by atoms with Gasteiger partial charge in [-0.15, -0.1) is 0 Å². The molecule has 168 valence electrons. The van der Waals surface area contributed by atoms with Gasteiger partial charge in [0.15, 0.2) is 0 Å². The number of likely N-dealkylation sites (tertiary alicyclic amines) is 1. The molecule has 0 radical (unpaired) electrons. The average Bonchev–Trinajstić information content (AvgIpc) is 3.09. The lowest BCUT2D eigenvalue weighted by Gasteiger charge is -2.25. The number of halogens is 1. The van der Waals surface area contributed by atoms with E-state index in [9.17, 15) is 14.7 Å². The highest BCUT2D eigenvalue weighted by Gasteiger charge is 2.45. The summed E-state index contributed by atoms with van der Waals surface area (Å²) in [6.45, 7) is 2.71. The number of rotatable bonds is 7. The van der Waals surface area contributed by atoms with Crippen LogP contribution >= 0.6 is 11.6 Å². The molecular formula is C27H24ClNO4. The molecule has 0 spiro atoms. The third-order valence-corrected chi connectivity index (χ3v) is 5.88. The zero-order valence-corrected chi connectivity index (χ0v) is 19.0. The van der Waals surface area contributed by atoms with Gasteiger partial charge in [-0.05, 0) is 60.9 Å². The molecule has 0 aliphatic carbocycles. The number of amides is 1. The van der Waals surface area contributed by atoms with E-state index >= 15 is 0 Å². The zero-order chi connectivity index (χ0) is 23.4. The summed E-state index contributed by atoms with van der Waals surface area (Å²) >= 11 is 5.98. The predicted octanol–water partition coefficient (Wildman–Crippen LogP) is 5.40. The zero-order valence-electron chi connectivity index (χ0n) is 18.2. The maximum atomic E-state index is 13.1. The van der Waals surface area contributed by atoms with E-state index < -0.39 is 17.7 Å². The first-order chi connectivity index (χ1) is 16.0. The third-order valence-electron chi connectivity index (χ3n) is 5.63. The Balaban J connectivity index is 1.79. The summed E-state index contributed by atoms with van der Waals surface area (Å²) in [5.41, 5.74) is 2.23. The third kappa shape index (κ3) is 4.78. The van der Waals surface area contributed by atoms with Crippen LogP contribution in [0.1, 0.15) is 29.7 Å². The van der Waals surface area contributed by atoms with Gasteiger partial charge in [-0.1, -0.05) is 54.1 Å². The SMILES string of the molecule is CCOc1cccc(C2C(=C(O)c3ccc(Cl)cc3)C(=O)C(=O)N2CCc2ccccc2)c1. The maximum Gasteiger partial charge on any atom is 0.295 e. The largest absolute Gasteiger partial charge is 0.507 e. The highest BCUT2D eigenvalue weighted by Crippen LogP contribution is 2.40. The van der Waals surface area contributed by atoms with Gasteiger partial charge in [-0.2, -0.15) is 0 Å². The average molecular weight is 462 g/mol. The standard InChI is InChI=1S/C27H24ClNO4/c1-2-33-22-10-6-9-20(17-22)24-23(25(30)19-11-13-21(28)14-12-19)26(31)27(32)29(24)16-15-18-7-4-3-5-8-18/h3-14,17,24,30H,2,15-16H2,1H3. The molecule has 1 fully saturated rings. The molecule has 4 rings (SSSR count). The molecule has 0 aromatic heterocycles. The van der Waals surface area contributed by atoms with Gasteiger partial charge in [0.2, 0.25) is 0 Å². The van der Waals surface area contributed by atoms with Crippen LogP contribution < -0.4 is 4.74 Å². The Hall–Kier alpha value is -3.57. The van der Waals surface area contributed by atoms with Crippen LogP contribution in [-0.2, 0) is 16.0 Å². The van der Waals surface area contributed by atoms with Crippen molar-refractivity contribution in [1.29, 1.82) is 0 Å². The topological polar surface area (TPSA) is 66.8 Å². The Labute approximate surface area is 197 Å². The van der Waals surface area contributed by atoms with E-state index in [1.165, 1.54) is 4.90 Å². The summed E-state index contributed by atoms with van der Waals surface area (Å²) in [5.74, 6) is -0.926. The lowest BCUT2D eigenvalue weighted by Crippen LogP contribution is -2.31. The number of carbonyl (C=O) groups excluding carboxylic acids is 2. The number of benzene rings is 3. The number of hydrogen-bond acceptors (Lipinski definition) is 4. The Morgan fingerprint density at radius 1 is 1.00 bits per heavy atom. The smallest absolute Gasteiger partial charge is 0.295 e. The van der Waals surface area contributed by atoms with E-state index in [0.717, 1.165) is 5.56 Å². The number of ketones is 1. The lowest BCUT2D eigenvalue weighted by atomic mass is 9.95. The second kappa shape index (κ2) is 9.92. The highest BCUT2D eigenvalue weighted by molar-refractivity contribution is 6.46. The van der Waals surface area contributed by atoms with Crippen molar-refractivity contribution in [3.8, 4) is 5.75 Å². The summed E-state index contributed by atoms with van der Waals surface area (Å²) in [4.78, 5) is 27.8. The van der Waals surface area contributed by atoms with Crippen LogP contribution in [-0.4, -0.2) is 34.8 Å². The van der Waals surface area contributed by atoms with Crippen LogP contribution in [0.25, 0.3) is 5.76 Å². The molecule has 3 aromatic carbocycles. The van der Waals surface area contributed by atoms with Crippen molar-refractivity contribution in [2.75, 3.05) is 13.2 Å². The summed E-state index contributed by atoms with van der Waals surface area (Å²) in [6, 6.07) is 22.8. The fraction of sp³-hybridized carbons (Fsp3) is 0.185. The van der Waals surface area contributed by atoms with Gasteiger partial charge in [0.25, 0.3) is 11.7 Å². The monoisotopic (exact) mass is 461 g/mol. The van der Waals surface area contributed by atoms with Gasteiger partial charge in [-0.25, -0.2) is 0 Å². The van der Waals surface area contributed by atoms with Crippen molar-refractivity contribution in [3.05, 3.63) is 106 Å². The second-order valence-corrected chi connectivity index (χ2v) is 8.18. The number of Topliss-reactive ketones (excluding diaryl/α,β-unsaturated/α-hetero) is 1. The van der Waals surface area contributed by atoms with E-state index in [2.05, 4.69) is 0 Å². The van der Waals surface area contributed by atoms with Crippen LogP contribution in [0, 0.1) is 0 Å². The molecular weight excluding hydrogens is 438 g/mol. The van der Waals surface area contributed by atoms with Crippen molar-refractivity contribution >= 4 is 29.1 Å². The minimum absolute atomic E-state index is 0.0593. The van der Waals surface area contributed by atoms with Crippen LogP contribution in [0.15, 0.2) is 84.4 Å². The van der Waals surface area contributed by atoms with E-state index in [0.29, 0.717) is 41.5 Å². The molecule has 1 amide bonds. The Morgan fingerprint density at radius 2 is 1.73 bits per heavy atom. The number of aliphatic hydroxyl groups is 1. The Morgan fingerprint density at radius 3 is 2.42 bits per heavy atom. The number of ether oxygens (including phenoxy) is 1. The molecule has 1 unspecified atom stereocenters. The molecule has 1 atom stereocenters. The minimum atomic E-state index is -0.732. The minimum Gasteiger partial charge on any atom is -0.507 e. The van der Waals surface area contributed by atoms with E-state index in [-0.39, 0.29) is 11.3 Å². The molecule has 1 aliphatic heterocycles. The summed E-state index contributed by atoms with van der Waals surface area (Å²) in [7, 11) is 0. The number of hydrogen-bond donors (Lipinski definition) is 1. The van der Waals surface area contributed by atoms with Crippen LogP contribution in [0.4, 0.5) is 0 Å². The van der Waals surface area contributed by atoms with Gasteiger partial charge in [0.05, 0.1) is 18.2 Å². The molecule has 1 aliphatic rings. The molecule has 33 heavy (non-hydrogen) atoms. The van der Waals surface area contributed by atoms with Gasteiger partial charge in [0, 0.05) is 17.1 Å². The number of aliphatic hydroxyl groups excluding tert-OH is 1. The molecule has 6 heteroatoms.